The van der Waals surface area contributed by atoms with Gasteiger partial charge >= 0.3 is 0 Å². The molecule has 1 N–H and O–H groups in total. The highest BCUT2D eigenvalue weighted by atomic mass is 16.5. The van der Waals surface area contributed by atoms with Crippen LogP contribution in [0.1, 0.15) is 26.2 Å². The van der Waals surface area contributed by atoms with Crippen molar-refractivity contribution in [2.45, 2.75) is 32.2 Å². The molecule has 0 spiro atoms. The summed E-state index contributed by atoms with van der Waals surface area (Å²) in [4.78, 5) is 2.55. The van der Waals surface area contributed by atoms with E-state index in [4.69, 9.17) is 4.74 Å². The molecule has 1 atom stereocenters. The fourth-order valence-corrected chi connectivity index (χ4v) is 2.60. The highest BCUT2D eigenvalue weighted by Crippen LogP contribution is 2.15. The third-order valence-electron chi connectivity index (χ3n) is 3.73. The Labute approximate surface area is 93.2 Å². The van der Waals surface area contributed by atoms with E-state index in [2.05, 4.69) is 17.1 Å². The minimum atomic E-state index is 0.717. The smallest absolute Gasteiger partial charge is 0.0480 e. The lowest BCUT2D eigenvalue weighted by Crippen LogP contribution is -2.38. The minimum absolute atomic E-state index is 0.717. The molecule has 0 saturated carbocycles. The van der Waals surface area contributed by atoms with E-state index in [1.54, 1.807) is 0 Å². The normalized spacial score (nSPS) is 29.8. The average Bonchev–Trinajstić information content (AvgIpc) is 2.76. The van der Waals surface area contributed by atoms with Crippen molar-refractivity contribution in [1.82, 2.24) is 10.2 Å². The Bertz CT molecular complexity index is 180. The second-order valence-electron chi connectivity index (χ2n) is 4.84. The number of hydrogen-bond donors (Lipinski definition) is 1. The standard InChI is InChI=1S/C12H24N2O/c1-2-14-6-3-11(10-14)9-13-12-4-7-15-8-5-12/h11-13H,2-10H2,1H3. The van der Waals surface area contributed by atoms with Crippen LogP contribution in [0.5, 0.6) is 0 Å². The SMILES string of the molecule is CCN1CCC(CNC2CCOCC2)C1. The molecule has 2 heterocycles. The first-order valence-corrected chi connectivity index (χ1v) is 6.42. The minimum Gasteiger partial charge on any atom is -0.381 e. The highest BCUT2D eigenvalue weighted by molar-refractivity contribution is 4.79. The van der Waals surface area contributed by atoms with E-state index in [-0.39, 0.29) is 0 Å². The van der Waals surface area contributed by atoms with Gasteiger partial charge in [-0.05, 0) is 44.8 Å². The van der Waals surface area contributed by atoms with E-state index in [1.807, 2.05) is 0 Å². The van der Waals surface area contributed by atoms with Crippen LogP contribution in [0.15, 0.2) is 0 Å². The van der Waals surface area contributed by atoms with E-state index < -0.39 is 0 Å². The molecule has 88 valence electrons. The van der Waals surface area contributed by atoms with Crippen LogP contribution >= 0.6 is 0 Å². The molecule has 15 heavy (non-hydrogen) atoms. The van der Waals surface area contributed by atoms with Crippen LogP contribution in [-0.2, 0) is 4.74 Å². The van der Waals surface area contributed by atoms with Crippen molar-refractivity contribution in [2.75, 3.05) is 39.4 Å². The van der Waals surface area contributed by atoms with E-state index in [1.165, 1.54) is 45.4 Å². The van der Waals surface area contributed by atoms with Crippen molar-refractivity contribution >= 4 is 0 Å². The molecule has 1 unspecified atom stereocenters. The summed E-state index contributed by atoms with van der Waals surface area (Å²) in [6.07, 6.45) is 3.78. The maximum absolute atomic E-state index is 5.36. The maximum atomic E-state index is 5.36. The Morgan fingerprint density at radius 3 is 2.73 bits per heavy atom. The summed E-state index contributed by atoms with van der Waals surface area (Å²) in [7, 11) is 0. The van der Waals surface area contributed by atoms with Crippen LogP contribution in [0.25, 0.3) is 0 Å². The Hall–Kier alpha value is -0.120. The third-order valence-corrected chi connectivity index (χ3v) is 3.73. The first-order chi connectivity index (χ1) is 7.38. The van der Waals surface area contributed by atoms with Crippen LogP contribution in [0.4, 0.5) is 0 Å². The molecular weight excluding hydrogens is 188 g/mol. The molecule has 0 aromatic rings. The van der Waals surface area contributed by atoms with Gasteiger partial charge in [0.2, 0.25) is 0 Å². The Kier molecular flexibility index (Phi) is 4.42. The number of ether oxygens (including phenoxy) is 1. The number of likely N-dealkylation sites (tertiary alicyclic amines) is 1. The van der Waals surface area contributed by atoms with E-state index in [0.29, 0.717) is 0 Å². The zero-order valence-electron chi connectivity index (χ0n) is 9.87. The van der Waals surface area contributed by atoms with Crippen LogP contribution < -0.4 is 5.32 Å². The Balaban J connectivity index is 1.61. The number of rotatable bonds is 4. The lowest BCUT2D eigenvalue weighted by Gasteiger charge is -2.24. The second-order valence-corrected chi connectivity index (χ2v) is 4.84. The molecule has 2 saturated heterocycles. The van der Waals surface area contributed by atoms with Gasteiger partial charge in [0.15, 0.2) is 0 Å². The first-order valence-electron chi connectivity index (χ1n) is 6.42. The van der Waals surface area contributed by atoms with Gasteiger partial charge in [-0.2, -0.15) is 0 Å². The molecule has 0 bridgehead atoms. The summed E-state index contributed by atoms with van der Waals surface area (Å²) < 4.78 is 5.36. The third kappa shape index (κ3) is 3.44. The fraction of sp³-hybridized carbons (Fsp3) is 1.00. The molecule has 0 amide bonds. The predicted octanol–water partition coefficient (Wildman–Crippen LogP) is 1.10. The van der Waals surface area contributed by atoms with Crippen molar-refractivity contribution in [3.8, 4) is 0 Å². The van der Waals surface area contributed by atoms with E-state index in [9.17, 15) is 0 Å². The average molecular weight is 212 g/mol. The number of nitrogens with one attached hydrogen (secondary N) is 1. The van der Waals surface area contributed by atoms with Crippen molar-refractivity contribution in [3.05, 3.63) is 0 Å². The lowest BCUT2D eigenvalue weighted by molar-refractivity contribution is 0.0770. The van der Waals surface area contributed by atoms with Gasteiger partial charge in [-0.3, -0.25) is 0 Å². The fourth-order valence-electron chi connectivity index (χ4n) is 2.60. The van der Waals surface area contributed by atoms with E-state index >= 15 is 0 Å². The lowest BCUT2D eigenvalue weighted by atomic mass is 10.1. The molecule has 2 aliphatic rings. The monoisotopic (exact) mass is 212 g/mol. The summed E-state index contributed by atoms with van der Waals surface area (Å²) in [5.74, 6) is 0.882. The van der Waals surface area contributed by atoms with Crippen LogP contribution in [0.2, 0.25) is 0 Å². The van der Waals surface area contributed by atoms with Gasteiger partial charge in [-0.15, -0.1) is 0 Å². The summed E-state index contributed by atoms with van der Waals surface area (Å²) in [5.41, 5.74) is 0. The molecular formula is C12H24N2O. The first kappa shape index (κ1) is 11.4. The van der Waals surface area contributed by atoms with Crippen molar-refractivity contribution < 1.29 is 4.74 Å². The molecule has 3 heteroatoms. The number of hydrogen-bond acceptors (Lipinski definition) is 3. The zero-order valence-corrected chi connectivity index (χ0v) is 9.87. The molecule has 0 aliphatic carbocycles. The van der Waals surface area contributed by atoms with E-state index in [0.717, 1.165) is 25.2 Å². The van der Waals surface area contributed by atoms with Gasteiger partial charge in [0, 0.05) is 25.8 Å². The second kappa shape index (κ2) is 5.83. The number of nitrogens with zero attached hydrogens (tertiary/aromatic N) is 1. The van der Waals surface area contributed by atoms with Crippen molar-refractivity contribution in [1.29, 1.82) is 0 Å². The van der Waals surface area contributed by atoms with Crippen molar-refractivity contribution in [2.24, 2.45) is 5.92 Å². The molecule has 3 nitrogen and oxygen atoms in total. The van der Waals surface area contributed by atoms with Gasteiger partial charge < -0.3 is 15.0 Å². The molecule has 0 aromatic heterocycles. The quantitative estimate of drug-likeness (QED) is 0.755. The van der Waals surface area contributed by atoms with Crippen LogP contribution in [0.3, 0.4) is 0 Å². The summed E-state index contributed by atoms with van der Waals surface area (Å²) in [5, 5.41) is 3.70. The van der Waals surface area contributed by atoms with Crippen molar-refractivity contribution in [3.63, 3.8) is 0 Å². The topological polar surface area (TPSA) is 24.5 Å². The maximum Gasteiger partial charge on any atom is 0.0480 e. The highest BCUT2D eigenvalue weighted by Gasteiger charge is 2.22. The molecule has 2 fully saturated rings. The molecule has 0 radical (unpaired) electrons. The zero-order chi connectivity index (χ0) is 10.5. The molecule has 2 aliphatic heterocycles. The van der Waals surface area contributed by atoms with Crippen LogP contribution in [-0.4, -0.2) is 50.3 Å². The predicted molar refractivity (Wildman–Crippen MR) is 62.1 cm³/mol. The largest absolute Gasteiger partial charge is 0.381 e. The Morgan fingerprint density at radius 2 is 2.07 bits per heavy atom. The van der Waals surface area contributed by atoms with Gasteiger partial charge in [-0.1, -0.05) is 6.92 Å². The van der Waals surface area contributed by atoms with Gasteiger partial charge in [0.25, 0.3) is 0 Å². The van der Waals surface area contributed by atoms with Gasteiger partial charge in [0.05, 0.1) is 0 Å². The van der Waals surface area contributed by atoms with Gasteiger partial charge in [-0.25, -0.2) is 0 Å². The summed E-state index contributed by atoms with van der Waals surface area (Å²) in [6.45, 7) is 9.18. The summed E-state index contributed by atoms with van der Waals surface area (Å²) in [6, 6.07) is 0.717. The van der Waals surface area contributed by atoms with Crippen LogP contribution in [0, 0.1) is 5.92 Å². The molecule has 0 aromatic carbocycles. The summed E-state index contributed by atoms with van der Waals surface area (Å²) >= 11 is 0. The molecule has 2 rings (SSSR count). The Morgan fingerprint density at radius 1 is 1.27 bits per heavy atom. The van der Waals surface area contributed by atoms with Gasteiger partial charge in [0.1, 0.15) is 0 Å².